The van der Waals surface area contributed by atoms with E-state index in [0.29, 0.717) is 5.56 Å². The Kier molecular flexibility index (Phi) is 4.88. The second-order valence-corrected chi connectivity index (χ2v) is 5.93. The molecule has 0 heterocycles. The van der Waals surface area contributed by atoms with Crippen LogP contribution in [0.1, 0.15) is 33.3 Å². The van der Waals surface area contributed by atoms with Gasteiger partial charge in [-0.25, -0.2) is 4.39 Å². The van der Waals surface area contributed by atoms with Crippen LogP contribution >= 0.6 is 0 Å². The third kappa shape index (κ3) is 4.15. The van der Waals surface area contributed by atoms with E-state index < -0.39 is 22.8 Å². The second-order valence-electron chi connectivity index (χ2n) is 5.93. The molecule has 0 saturated carbocycles. The Morgan fingerprint density at radius 3 is 2.14 bits per heavy atom. The first kappa shape index (κ1) is 16.9. The van der Waals surface area contributed by atoms with Crippen molar-refractivity contribution in [2.45, 2.75) is 33.2 Å². The van der Waals surface area contributed by atoms with Crippen molar-refractivity contribution in [2.24, 2.45) is 5.41 Å². The third-order valence-corrected chi connectivity index (χ3v) is 3.83. The van der Waals surface area contributed by atoms with E-state index in [0.717, 1.165) is 0 Å². The summed E-state index contributed by atoms with van der Waals surface area (Å²) in [5.41, 5.74) is -1.36. The Balaban J connectivity index is 2.77. The first-order valence-electron chi connectivity index (χ1n) is 6.55. The van der Waals surface area contributed by atoms with E-state index in [1.807, 2.05) is 0 Å². The van der Waals surface area contributed by atoms with Gasteiger partial charge in [0.1, 0.15) is 5.82 Å². The fraction of sp³-hybridized carbons (Fsp3) is 0.375. The van der Waals surface area contributed by atoms with Gasteiger partial charge >= 0.3 is 5.97 Å². The van der Waals surface area contributed by atoms with Crippen LogP contribution in [-0.4, -0.2) is 22.5 Å². The van der Waals surface area contributed by atoms with E-state index >= 15 is 0 Å². The molecule has 0 fully saturated rings. The van der Waals surface area contributed by atoms with Crippen LogP contribution < -0.4 is 5.32 Å². The maximum absolute atomic E-state index is 12.8. The van der Waals surface area contributed by atoms with E-state index in [-0.39, 0.29) is 5.82 Å². The topological polar surface area (TPSA) is 66.4 Å². The number of carbonyl (C=O) groups excluding carboxylic acids is 1. The molecule has 0 unspecified atom stereocenters. The molecule has 1 rings (SSSR count). The molecule has 0 saturated heterocycles. The van der Waals surface area contributed by atoms with Gasteiger partial charge in [-0.2, -0.15) is 0 Å². The zero-order valence-corrected chi connectivity index (χ0v) is 12.6. The van der Waals surface area contributed by atoms with E-state index in [1.54, 1.807) is 45.9 Å². The minimum atomic E-state index is -1.12. The van der Waals surface area contributed by atoms with Gasteiger partial charge in [0.05, 0.1) is 11.0 Å². The van der Waals surface area contributed by atoms with E-state index in [4.69, 9.17) is 0 Å². The van der Waals surface area contributed by atoms with Gasteiger partial charge in [-0.1, -0.05) is 12.1 Å². The Morgan fingerprint density at radius 2 is 1.67 bits per heavy atom. The summed E-state index contributed by atoms with van der Waals surface area (Å²) in [6, 6.07) is 5.70. The summed E-state index contributed by atoms with van der Waals surface area (Å²) >= 11 is 0. The molecule has 0 radical (unpaired) electrons. The Bertz CT molecular complexity index is 559. The molecule has 0 spiro atoms. The van der Waals surface area contributed by atoms with Crippen LogP contribution in [0.5, 0.6) is 0 Å². The van der Waals surface area contributed by atoms with Crippen LogP contribution in [-0.2, 0) is 9.59 Å². The predicted octanol–water partition coefficient (Wildman–Crippen LogP) is 2.84. The van der Waals surface area contributed by atoms with Gasteiger partial charge in [-0.3, -0.25) is 9.59 Å². The number of nitrogens with one attached hydrogen (secondary N) is 1. The number of carboxylic acid groups (broad SMARTS) is 1. The molecule has 1 aromatic carbocycles. The summed E-state index contributed by atoms with van der Waals surface area (Å²) in [5.74, 6) is -1.74. The first-order valence-corrected chi connectivity index (χ1v) is 6.55. The Labute approximate surface area is 123 Å². The molecule has 2 N–H and O–H groups in total. The van der Waals surface area contributed by atoms with E-state index in [1.165, 1.54) is 18.2 Å². The van der Waals surface area contributed by atoms with Crippen LogP contribution in [0.2, 0.25) is 0 Å². The number of benzene rings is 1. The molecular formula is C16H20FNO3. The third-order valence-electron chi connectivity index (χ3n) is 3.83. The van der Waals surface area contributed by atoms with Crippen molar-refractivity contribution in [3.63, 3.8) is 0 Å². The number of amides is 1. The standard InChI is InChI=1S/C16H20FNO3/c1-15(2,14(20)21)16(3,4)18-13(19)10-7-11-5-8-12(17)9-6-11/h5-10H,1-4H3,(H,18,19)(H,20,21)/b10-7-. The first-order chi connectivity index (χ1) is 9.56. The van der Waals surface area contributed by atoms with Gasteiger partial charge in [0.25, 0.3) is 0 Å². The summed E-state index contributed by atoms with van der Waals surface area (Å²) in [5, 5.41) is 11.9. The summed E-state index contributed by atoms with van der Waals surface area (Å²) in [4.78, 5) is 23.2. The number of aliphatic carboxylic acids is 1. The van der Waals surface area contributed by atoms with Crippen LogP contribution in [0, 0.1) is 11.2 Å². The highest BCUT2D eigenvalue weighted by Gasteiger charge is 2.44. The van der Waals surface area contributed by atoms with Crippen molar-refractivity contribution in [2.75, 3.05) is 0 Å². The SMILES string of the molecule is CC(C)(NC(=O)/C=C\c1ccc(F)cc1)C(C)(C)C(=O)O. The average molecular weight is 293 g/mol. The second kappa shape index (κ2) is 6.08. The van der Waals surface area contributed by atoms with Crippen molar-refractivity contribution >= 4 is 18.0 Å². The fourth-order valence-electron chi connectivity index (χ4n) is 1.52. The average Bonchev–Trinajstić information content (AvgIpc) is 2.37. The summed E-state index contributed by atoms with van der Waals surface area (Å²) < 4.78 is 12.8. The molecule has 0 aromatic heterocycles. The monoisotopic (exact) mass is 293 g/mol. The van der Waals surface area contributed by atoms with Crippen LogP contribution in [0.3, 0.4) is 0 Å². The molecule has 0 aliphatic carbocycles. The molecule has 5 heteroatoms. The number of halogens is 1. The van der Waals surface area contributed by atoms with Crippen molar-refractivity contribution < 1.29 is 19.1 Å². The molecule has 114 valence electrons. The summed E-state index contributed by atoms with van der Waals surface area (Å²) in [6.07, 6.45) is 2.84. The summed E-state index contributed by atoms with van der Waals surface area (Å²) in [7, 11) is 0. The van der Waals surface area contributed by atoms with Gasteiger partial charge in [0.2, 0.25) is 5.91 Å². The predicted molar refractivity (Wildman–Crippen MR) is 79.1 cm³/mol. The minimum Gasteiger partial charge on any atom is -0.481 e. The Morgan fingerprint density at radius 1 is 1.14 bits per heavy atom. The maximum Gasteiger partial charge on any atom is 0.311 e. The normalized spacial score (nSPS) is 12.4. The zero-order chi connectivity index (χ0) is 16.3. The molecule has 0 bridgehead atoms. The zero-order valence-electron chi connectivity index (χ0n) is 12.6. The highest BCUT2D eigenvalue weighted by molar-refractivity contribution is 5.92. The number of hydrogen-bond donors (Lipinski definition) is 2. The summed E-state index contributed by atoms with van der Waals surface area (Å²) in [6.45, 7) is 6.42. The van der Waals surface area contributed by atoms with Crippen molar-refractivity contribution in [1.82, 2.24) is 5.32 Å². The van der Waals surface area contributed by atoms with Crippen molar-refractivity contribution in [1.29, 1.82) is 0 Å². The Hall–Kier alpha value is -2.17. The molecule has 0 aliphatic heterocycles. The fourth-order valence-corrected chi connectivity index (χ4v) is 1.52. The number of carboxylic acids is 1. The highest BCUT2D eigenvalue weighted by Crippen LogP contribution is 2.30. The smallest absolute Gasteiger partial charge is 0.311 e. The number of hydrogen-bond acceptors (Lipinski definition) is 2. The molecular weight excluding hydrogens is 273 g/mol. The largest absolute Gasteiger partial charge is 0.481 e. The van der Waals surface area contributed by atoms with Gasteiger partial charge < -0.3 is 10.4 Å². The van der Waals surface area contributed by atoms with Crippen molar-refractivity contribution in [3.8, 4) is 0 Å². The quantitative estimate of drug-likeness (QED) is 0.820. The lowest BCUT2D eigenvalue weighted by molar-refractivity contribution is -0.151. The van der Waals surface area contributed by atoms with Crippen LogP contribution in [0.15, 0.2) is 30.3 Å². The molecule has 21 heavy (non-hydrogen) atoms. The van der Waals surface area contributed by atoms with Crippen LogP contribution in [0.25, 0.3) is 6.08 Å². The minimum absolute atomic E-state index is 0.346. The van der Waals surface area contributed by atoms with Gasteiger partial charge in [-0.05, 0) is 51.5 Å². The van der Waals surface area contributed by atoms with E-state index in [9.17, 15) is 19.1 Å². The number of rotatable bonds is 5. The molecule has 0 aliphatic rings. The van der Waals surface area contributed by atoms with Gasteiger partial charge in [0, 0.05) is 6.08 Å². The van der Waals surface area contributed by atoms with Crippen molar-refractivity contribution in [3.05, 3.63) is 41.7 Å². The van der Waals surface area contributed by atoms with Crippen LogP contribution in [0.4, 0.5) is 4.39 Å². The molecule has 1 aromatic rings. The number of carbonyl (C=O) groups is 2. The van der Waals surface area contributed by atoms with Gasteiger partial charge in [0.15, 0.2) is 0 Å². The lowest BCUT2D eigenvalue weighted by atomic mass is 9.74. The molecule has 4 nitrogen and oxygen atoms in total. The van der Waals surface area contributed by atoms with Gasteiger partial charge in [-0.15, -0.1) is 0 Å². The molecule has 1 amide bonds. The highest BCUT2D eigenvalue weighted by atomic mass is 19.1. The molecule has 0 atom stereocenters. The van der Waals surface area contributed by atoms with E-state index in [2.05, 4.69) is 5.32 Å². The lowest BCUT2D eigenvalue weighted by Crippen LogP contribution is -2.56. The maximum atomic E-state index is 12.8. The lowest BCUT2D eigenvalue weighted by Gasteiger charge is -2.38.